The van der Waals surface area contributed by atoms with Crippen LogP contribution in [0.4, 0.5) is 4.79 Å². The number of amides is 1. The van der Waals surface area contributed by atoms with Crippen LogP contribution in [0.2, 0.25) is 0 Å². The summed E-state index contributed by atoms with van der Waals surface area (Å²) in [6.45, 7) is 6.48. The number of nitrogens with one attached hydrogen (secondary N) is 2. The van der Waals surface area contributed by atoms with E-state index in [-0.39, 0.29) is 24.6 Å². The Kier molecular flexibility index (Phi) is 8.05. The number of piperidine rings is 1. The first-order valence-electron chi connectivity index (χ1n) is 9.91. The summed E-state index contributed by atoms with van der Waals surface area (Å²) in [5.74, 6) is 0.00218. The molecule has 0 saturated carbocycles. The highest BCUT2D eigenvalue weighted by Gasteiger charge is 2.27. The highest BCUT2D eigenvalue weighted by Crippen LogP contribution is 2.17. The van der Waals surface area contributed by atoms with E-state index in [0.717, 1.165) is 12.8 Å². The van der Waals surface area contributed by atoms with Gasteiger partial charge in [-0.05, 0) is 57.9 Å². The maximum Gasteiger partial charge on any atom is 0.410 e. The molecule has 9 nitrogen and oxygen atoms in total. The molecule has 1 fully saturated rings. The molecular formula is C21H31N3O6. The molecule has 0 spiro atoms. The zero-order valence-electron chi connectivity index (χ0n) is 17.9. The predicted molar refractivity (Wildman–Crippen MR) is 111 cm³/mol. The molecule has 1 atom stereocenters. The molecule has 1 aromatic carbocycles. The number of benzene rings is 1. The lowest BCUT2D eigenvalue weighted by atomic mass is 10.0. The molecule has 0 unspecified atom stereocenters. The van der Waals surface area contributed by atoms with E-state index in [1.807, 2.05) is 20.8 Å². The molecule has 1 aromatic rings. The molecule has 166 valence electrons. The molecule has 0 aliphatic carbocycles. The summed E-state index contributed by atoms with van der Waals surface area (Å²) < 4.78 is 15.2. The summed E-state index contributed by atoms with van der Waals surface area (Å²) in [5.41, 5.74) is 0.173. The molecule has 1 heterocycles. The standard InChI is InChI=1S/C21H31N3O6/c1-21(2,3)30-20(27)24-11-9-15(10-12-24)23-18(22)14-5-7-16(8-6-14)29-13-17(25)19(26)28-4/h5-8,15,17,25H,9-13H2,1-4H3,(H2,22,23)/t17-/m1/s1. The molecule has 1 amide bonds. The number of ether oxygens (including phenoxy) is 3. The number of hydrogen-bond acceptors (Lipinski definition) is 7. The average molecular weight is 421 g/mol. The van der Waals surface area contributed by atoms with Gasteiger partial charge in [0.05, 0.1) is 7.11 Å². The molecule has 1 saturated heterocycles. The second kappa shape index (κ2) is 10.3. The smallest absolute Gasteiger partial charge is 0.410 e. The number of carbonyl (C=O) groups is 2. The lowest BCUT2D eigenvalue weighted by molar-refractivity contribution is -0.151. The monoisotopic (exact) mass is 421 g/mol. The van der Waals surface area contributed by atoms with Crippen LogP contribution in [-0.2, 0) is 14.3 Å². The van der Waals surface area contributed by atoms with Crippen molar-refractivity contribution in [1.29, 1.82) is 5.41 Å². The Morgan fingerprint density at radius 3 is 2.37 bits per heavy atom. The number of methoxy groups -OCH3 is 1. The fourth-order valence-electron chi connectivity index (χ4n) is 2.92. The number of hydrogen-bond donors (Lipinski definition) is 3. The third-order valence-electron chi connectivity index (χ3n) is 4.52. The SMILES string of the molecule is COC(=O)[C@H](O)COc1ccc(C(=N)NC2CCN(C(=O)OC(C)(C)C)CC2)cc1. The van der Waals surface area contributed by atoms with Gasteiger partial charge in [-0.3, -0.25) is 5.41 Å². The first kappa shape index (κ1) is 23.5. The van der Waals surface area contributed by atoms with Crippen molar-refractivity contribution in [1.82, 2.24) is 10.2 Å². The van der Waals surface area contributed by atoms with Gasteiger partial charge in [-0.2, -0.15) is 0 Å². The van der Waals surface area contributed by atoms with Crippen LogP contribution < -0.4 is 10.1 Å². The normalized spacial score (nSPS) is 15.8. The predicted octanol–water partition coefficient (Wildman–Crippen LogP) is 1.91. The number of aliphatic hydroxyl groups excluding tert-OH is 1. The highest BCUT2D eigenvalue weighted by atomic mass is 16.6. The van der Waals surface area contributed by atoms with E-state index in [1.54, 1.807) is 29.2 Å². The van der Waals surface area contributed by atoms with E-state index in [9.17, 15) is 14.7 Å². The summed E-state index contributed by atoms with van der Waals surface area (Å²) in [7, 11) is 1.19. The Bertz CT molecular complexity index is 736. The molecule has 1 aliphatic rings. The third kappa shape index (κ3) is 7.22. The van der Waals surface area contributed by atoms with Crippen LogP contribution in [0.3, 0.4) is 0 Å². The van der Waals surface area contributed by atoms with Crippen molar-refractivity contribution >= 4 is 17.9 Å². The summed E-state index contributed by atoms with van der Waals surface area (Å²) in [4.78, 5) is 25.0. The third-order valence-corrected chi connectivity index (χ3v) is 4.52. The van der Waals surface area contributed by atoms with Gasteiger partial charge >= 0.3 is 12.1 Å². The lowest BCUT2D eigenvalue weighted by Crippen LogP contribution is -2.47. The average Bonchev–Trinajstić information content (AvgIpc) is 2.71. The maximum absolute atomic E-state index is 12.1. The number of aliphatic hydroxyl groups is 1. The lowest BCUT2D eigenvalue weighted by Gasteiger charge is -2.34. The van der Waals surface area contributed by atoms with Crippen molar-refractivity contribution in [3.63, 3.8) is 0 Å². The summed E-state index contributed by atoms with van der Waals surface area (Å²) in [6.07, 6.45) is -0.187. The summed E-state index contributed by atoms with van der Waals surface area (Å²) in [5, 5.41) is 21.0. The largest absolute Gasteiger partial charge is 0.490 e. The van der Waals surface area contributed by atoms with Crippen molar-refractivity contribution in [2.75, 3.05) is 26.8 Å². The number of amidine groups is 1. The van der Waals surface area contributed by atoms with E-state index in [1.165, 1.54) is 7.11 Å². The van der Waals surface area contributed by atoms with Crippen molar-refractivity contribution in [3.05, 3.63) is 29.8 Å². The van der Waals surface area contributed by atoms with Crippen molar-refractivity contribution < 1.29 is 28.9 Å². The van der Waals surface area contributed by atoms with Gasteiger partial charge in [0.2, 0.25) is 0 Å². The van der Waals surface area contributed by atoms with Crippen LogP contribution >= 0.6 is 0 Å². The number of esters is 1. The quantitative estimate of drug-likeness (QED) is 0.364. The fourth-order valence-corrected chi connectivity index (χ4v) is 2.92. The summed E-state index contributed by atoms with van der Waals surface area (Å²) in [6, 6.07) is 6.89. The molecule has 0 radical (unpaired) electrons. The molecule has 30 heavy (non-hydrogen) atoms. The maximum atomic E-state index is 12.1. The topological polar surface area (TPSA) is 121 Å². The minimum absolute atomic E-state index is 0.0994. The van der Waals surface area contributed by atoms with Crippen LogP contribution in [0, 0.1) is 5.41 Å². The number of carbonyl (C=O) groups excluding carboxylic acids is 2. The molecular weight excluding hydrogens is 390 g/mol. The van der Waals surface area contributed by atoms with Crippen LogP contribution in [0.1, 0.15) is 39.2 Å². The molecule has 0 bridgehead atoms. The van der Waals surface area contributed by atoms with Crippen LogP contribution in [0.25, 0.3) is 0 Å². The van der Waals surface area contributed by atoms with Gasteiger partial charge in [-0.1, -0.05) is 0 Å². The molecule has 9 heteroatoms. The zero-order valence-corrected chi connectivity index (χ0v) is 17.9. The van der Waals surface area contributed by atoms with E-state index >= 15 is 0 Å². The second-order valence-electron chi connectivity index (χ2n) is 8.14. The Morgan fingerprint density at radius 1 is 1.23 bits per heavy atom. The molecule has 2 rings (SSSR count). The molecule has 1 aliphatic heterocycles. The Hall–Kier alpha value is -2.81. The van der Waals surface area contributed by atoms with E-state index < -0.39 is 17.7 Å². The first-order chi connectivity index (χ1) is 14.1. The molecule has 3 N–H and O–H groups in total. The van der Waals surface area contributed by atoms with Crippen molar-refractivity contribution in [3.8, 4) is 5.75 Å². The number of likely N-dealkylation sites (tertiary alicyclic amines) is 1. The van der Waals surface area contributed by atoms with E-state index in [2.05, 4.69) is 10.1 Å². The first-order valence-corrected chi connectivity index (χ1v) is 9.91. The fraction of sp³-hybridized carbons (Fsp3) is 0.571. The Labute approximate surface area is 176 Å². The van der Waals surface area contributed by atoms with Gasteiger partial charge in [0, 0.05) is 24.7 Å². The minimum atomic E-state index is -1.35. The number of rotatable bonds is 6. The van der Waals surface area contributed by atoms with Gasteiger partial charge in [-0.15, -0.1) is 0 Å². The van der Waals surface area contributed by atoms with Crippen LogP contribution in [0.15, 0.2) is 24.3 Å². The van der Waals surface area contributed by atoms with Crippen molar-refractivity contribution in [2.24, 2.45) is 0 Å². The molecule has 0 aromatic heterocycles. The van der Waals surface area contributed by atoms with Gasteiger partial charge in [0.25, 0.3) is 0 Å². The Morgan fingerprint density at radius 2 is 1.83 bits per heavy atom. The van der Waals surface area contributed by atoms with Gasteiger partial charge in [-0.25, -0.2) is 9.59 Å². The highest BCUT2D eigenvalue weighted by molar-refractivity contribution is 5.96. The second-order valence-corrected chi connectivity index (χ2v) is 8.14. The van der Waals surface area contributed by atoms with Gasteiger partial charge < -0.3 is 29.5 Å². The number of nitrogens with zero attached hydrogens (tertiary/aromatic N) is 1. The van der Waals surface area contributed by atoms with E-state index in [0.29, 0.717) is 24.4 Å². The Balaban J connectivity index is 1.79. The van der Waals surface area contributed by atoms with E-state index in [4.69, 9.17) is 14.9 Å². The van der Waals surface area contributed by atoms with Crippen LogP contribution in [0.5, 0.6) is 5.75 Å². The zero-order chi connectivity index (χ0) is 22.3. The minimum Gasteiger partial charge on any atom is -0.490 e. The summed E-state index contributed by atoms with van der Waals surface area (Å²) >= 11 is 0. The van der Waals surface area contributed by atoms with Crippen molar-refractivity contribution in [2.45, 2.75) is 51.4 Å². The van der Waals surface area contributed by atoms with Gasteiger partial charge in [0.15, 0.2) is 6.10 Å². The van der Waals surface area contributed by atoms with Crippen LogP contribution in [-0.4, -0.2) is 72.5 Å². The van der Waals surface area contributed by atoms with Gasteiger partial charge in [0.1, 0.15) is 23.8 Å².